The van der Waals surface area contributed by atoms with E-state index in [1.807, 2.05) is 18.7 Å². The number of benzene rings is 1. The van der Waals surface area contributed by atoms with Crippen molar-refractivity contribution in [3.05, 3.63) is 59.2 Å². The fourth-order valence-corrected chi connectivity index (χ4v) is 7.84. The first kappa shape index (κ1) is 30.0. The van der Waals surface area contributed by atoms with E-state index in [-0.39, 0.29) is 29.6 Å². The fraction of sp³-hybridized carbons (Fsp3) is 0.647. The topological polar surface area (TPSA) is 82.1 Å². The van der Waals surface area contributed by atoms with Gasteiger partial charge in [-0.05, 0) is 77.2 Å². The Bertz CT molecular complexity index is 1250. The summed E-state index contributed by atoms with van der Waals surface area (Å²) in [5.41, 5.74) is 3.45. The second-order valence-electron chi connectivity index (χ2n) is 13.3. The molecule has 3 amide bonds. The highest BCUT2D eigenvalue weighted by molar-refractivity contribution is 5.96. The highest BCUT2D eigenvalue weighted by Gasteiger charge is 2.45. The van der Waals surface area contributed by atoms with Crippen LogP contribution in [0.2, 0.25) is 0 Å². The maximum atomic E-state index is 13.9. The van der Waals surface area contributed by atoms with Gasteiger partial charge in [0.1, 0.15) is 6.33 Å². The molecule has 0 unspecified atom stereocenters. The molecule has 0 spiro atoms. The molecule has 5 heterocycles. The zero-order valence-corrected chi connectivity index (χ0v) is 26.2. The number of aryl methyl sites for hydroxylation is 2. The van der Waals surface area contributed by atoms with E-state index < -0.39 is 0 Å². The normalized spacial score (nSPS) is 24.1. The summed E-state index contributed by atoms with van der Waals surface area (Å²) in [6.45, 7) is 12.9. The molecule has 4 fully saturated rings. The van der Waals surface area contributed by atoms with Crippen molar-refractivity contribution in [2.24, 2.45) is 5.92 Å². The summed E-state index contributed by atoms with van der Waals surface area (Å²) < 4.78 is 5.55. The number of rotatable bonds is 7. The van der Waals surface area contributed by atoms with Gasteiger partial charge in [0, 0.05) is 64.1 Å². The largest absolute Gasteiger partial charge is 0.381 e. The Kier molecular flexibility index (Phi) is 9.00. The van der Waals surface area contributed by atoms with Gasteiger partial charge in [-0.2, -0.15) is 0 Å². The van der Waals surface area contributed by atoms with Crippen molar-refractivity contribution in [2.45, 2.75) is 83.3 Å². The third kappa shape index (κ3) is 6.29. The molecule has 43 heavy (non-hydrogen) atoms. The van der Waals surface area contributed by atoms with Crippen LogP contribution in [0, 0.1) is 19.8 Å². The summed E-state index contributed by atoms with van der Waals surface area (Å²) in [6, 6.07) is 11.2. The molecule has 1 aromatic heterocycles. The molecule has 232 valence electrons. The minimum Gasteiger partial charge on any atom is -0.381 e. The number of likely N-dealkylation sites (tertiary alicyclic amines) is 2. The monoisotopic (exact) mass is 588 g/mol. The second-order valence-corrected chi connectivity index (χ2v) is 13.3. The molecular weight excluding hydrogens is 540 g/mol. The minimum absolute atomic E-state index is 0.0530. The summed E-state index contributed by atoms with van der Waals surface area (Å²) in [6.07, 6.45) is 8.68. The third-order valence-corrected chi connectivity index (χ3v) is 10.7. The van der Waals surface area contributed by atoms with Gasteiger partial charge >= 0.3 is 6.03 Å². The summed E-state index contributed by atoms with van der Waals surface area (Å²) in [5, 5.41) is 0. The van der Waals surface area contributed by atoms with Gasteiger partial charge in [0.15, 0.2) is 0 Å². The molecule has 0 bridgehead atoms. The van der Waals surface area contributed by atoms with Crippen molar-refractivity contribution in [2.75, 3.05) is 52.5 Å². The number of hydrogen-bond donors (Lipinski definition) is 0. The molecule has 9 nitrogen and oxygen atoms in total. The standard InChI is InChI=1S/C34H48N6O3/c1-25-31(26(2)36-24-35-25)32(41)37-19-14-34(3,15-20-37)39-17-10-29(11-18-39)40-30(28-7-5-4-6-8-28)23-38(33(40)42)16-9-27-12-21-43-22-13-27/h4-8,24,27,29-30H,9-23H2,1-3H3/t30-/m0/s1. The van der Waals surface area contributed by atoms with Crippen LogP contribution >= 0.6 is 0 Å². The maximum absolute atomic E-state index is 13.9. The molecule has 0 aliphatic carbocycles. The zero-order valence-electron chi connectivity index (χ0n) is 26.2. The van der Waals surface area contributed by atoms with Crippen LogP contribution in [0.5, 0.6) is 0 Å². The quantitative estimate of drug-likeness (QED) is 0.460. The van der Waals surface area contributed by atoms with Crippen molar-refractivity contribution < 1.29 is 14.3 Å². The fourth-order valence-electron chi connectivity index (χ4n) is 7.84. The van der Waals surface area contributed by atoms with Crippen LogP contribution in [-0.2, 0) is 4.74 Å². The molecule has 2 aromatic rings. The Morgan fingerprint density at radius 2 is 1.60 bits per heavy atom. The molecule has 4 aliphatic rings. The smallest absolute Gasteiger partial charge is 0.320 e. The Morgan fingerprint density at radius 1 is 0.953 bits per heavy atom. The summed E-state index contributed by atoms with van der Waals surface area (Å²) in [5.74, 6) is 0.711. The highest BCUT2D eigenvalue weighted by atomic mass is 16.5. The Hall–Kier alpha value is -3.04. The molecule has 4 aliphatic heterocycles. The number of carbonyl (C=O) groups is 2. The van der Waals surface area contributed by atoms with Crippen LogP contribution in [0.25, 0.3) is 0 Å². The summed E-state index contributed by atoms with van der Waals surface area (Å²) in [7, 11) is 0. The minimum atomic E-state index is 0.0530. The number of piperidine rings is 2. The Balaban J connectivity index is 1.07. The maximum Gasteiger partial charge on any atom is 0.320 e. The first-order valence-electron chi connectivity index (χ1n) is 16.4. The van der Waals surface area contributed by atoms with E-state index in [0.717, 1.165) is 109 Å². The van der Waals surface area contributed by atoms with Crippen LogP contribution in [0.1, 0.15) is 85.2 Å². The predicted octanol–water partition coefficient (Wildman–Crippen LogP) is 4.85. The average Bonchev–Trinajstić information content (AvgIpc) is 3.37. The first-order valence-corrected chi connectivity index (χ1v) is 16.4. The second kappa shape index (κ2) is 12.9. The van der Waals surface area contributed by atoms with E-state index >= 15 is 0 Å². The zero-order chi connectivity index (χ0) is 30.0. The van der Waals surface area contributed by atoms with Crippen molar-refractivity contribution in [1.29, 1.82) is 0 Å². The first-order chi connectivity index (χ1) is 20.8. The van der Waals surface area contributed by atoms with E-state index in [1.165, 1.54) is 11.9 Å². The van der Waals surface area contributed by atoms with Crippen LogP contribution in [-0.4, -0.2) is 106 Å². The summed E-state index contributed by atoms with van der Waals surface area (Å²) >= 11 is 0. The van der Waals surface area contributed by atoms with Gasteiger partial charge in [0.05, 0.1) is 23.0 Å². The SMILES string of the molecule is Cc1ncnc(C)c1C(=O)N1CCC(C)(N2CCC(N3C(=O)N(CCC4CCOCC4)C[C@H]3c3ccccc3)CC2)CC1. The lowest BCUT2D eigenvalue weighted by atomic mass is 9.85. The molecule has 9 heteroatoms. The van der Waals surface area contributed by atoms with E-state index in [4.69, 9.17) is 4.74 Å². The number of aromatic nitrogens is 2. The molecule has 6 rings (SSSR count). The number of amides is 3. The summed E-state index contributed by atoms with van der Waals surface area (Å²) in [4.78, 5) is 44.8. The average molecular weight is 589 g/mol. The van der Waals surface area contributed by atoms with Crippen LogP contribution in [0.4, 0.5) is 4.79 Å². The van der Waals surface area contributed by atoms with Gasteiger partial charge in [0.25, 0.3) is 5.91 Å². The van der Waals surface area contributed by atoms with E-state index in [1.54, 1.807) is 0 Å². The molecular formula is C34H48N6O3. The van der Waals surface area contributed by atoms with Crippen molar-refractivity contribution in [1.82, 2.24) is 29.6 Å². The van der Waals surface area contributed by atoms with Gasteiger partial charge < -0.3 is 19.4 Å². The van der Waals surface area contributed by atoms with Gasteiger partial charge in [-0.25, -0.2) is 14.8 Å². The Morgan fingerprint density at radius 3 is 2.26 bits per heavy atom. The van der Waals surface area contributed by atoms with Crippen molar-refractivity contribution in [3.63, 3.8) is 0 Å². The van der Waals surface area contributed by atoms with Gasteiger partial charge in [-0.15, -0.1) is 0 Å². The van der Waals surface area contributed by atoms with Crippen molar-refractivity contribution >= 4 is 11.9 Å². The Labute approximate surface area is 256 Å². The number of hydrogen-bond acceptors (Lipinski definition) is 6. The predicted molar refractivity (Wildman–Crippen MR) is 166 cm³/mol. The lowest BCUT2D eigenvalue weighted by molar-refractivity contribution is 0.00491. The van der Waals surface area contributed by atoms with Crippen molar-refractivity contribution in [3.8, 4) is 0 Å². The molecule has 4 saturated heterocycles. The number of ether oxygens (including phenoxy) is 1. The van der Waals surface area contributed by atoms with Gasteiger partial charge in [-0.3, -0.25) is 9.69 Å². The number of carbonyl (C=O) groups excluding carboxylic acids is 2. The molecule has 0 radical (unpaired) electrons. The number of urea groups is 1. The molecule has 0 saturated carbocycles. The lowest BCUT2D eigenvalue weighted by Crippen LogP contribution is -2.58. The highest BCUT2D eigenvalue weighted by Crippen LogP contribution is 2.38. The van der Waals surface area contributed by atoms with Gasteiger partial charge in [0.2, 0.25) is 0 Å². The molecule has 1 aromatic carbocycles. The lowest BCUT2D eigenvalue weighted by Gasteiger charge is -2.50. The van der Waals surface area contributed by atoms with Crippen LogP contribution < -0.4 is 0 Å². The van der Waals surface area contributed by atoms with E-state index in [0.29, 0.717) is 11.5 Å². The molecule has 1 atom stereocenters. The van der Waals surface area contributed by atoms with E-state index in [9.17, 15) is 9.59 Å². The number of nitrogens with zero attached hydrogens (tertiary/aromatic N) is 6. The van der Waals surface area contributed by atoms with Gasteiger partial charge in [-0.1, -0.05) is 30.3 Å². The molecule has 0 N–H and O–H groups in total. The van der Waals surface area contributed by atoms with Crippen LogP contribution in [0.3, 0.4) is 0 Å². The van der Waals surface area contributed by atoms with E-state index in [2.05, 4.69) is 61.9 Å². The third-order valence-electron chi connectivity index (χ3n) is 10.7. The van der Waals surface area contributed by atoms with Crippen LogP contribution in [0.15, 0.2) is 36.7 Å².